The molecule has 0 saturated carbocycles. The normalized spacial score (nSPS) is 14.2. The van der Waals surface area contributed by atoms with Gasteiger partial charge in [0.1, 0.15) is 10.6 Å². The van der Waals surface area contributed by atoms with Crippen molar-refractivity contribution in [2.45, 2.75) is 31.7 Å². The molecule has 1 aromatic carbocycles. The number of thiophene rings is 1. The van der Waals surface area contributed by atoms with Gasteiger partial charge in [0.2, 0.25) is 10.0 Å². The number of ether oxygens (including phenoxy) is 1. The Labute approximate surface area is 186 Å². The smallest absolute Gasteiger partial charge is 0.400 e. The van der Waals surface area contributed by atoms with Gasteiger partial charge in [0, 0.05) is 22.8 Å². The van der Waals surface area contributed by atoms with Crippen LogP contribution in [0.3, 0.4) is 0 Å². The number of alkyl halides is 5. The first kappa shape index (κ1) is 26.4. The predicted octanol–water partition coefficient (Wildman–Crippen LogP) is 4.88. The molecular weight excluding hydrogens is 560 g/mol. The molecule has 1 heterocycles. The Bertz CT molecular complexity index is 1080. The first-order valence-corrected chi connectivity index (χ1v) is 13.0. The Morgan fingerprint density at radius 2 is 1.90 bits per heavy atom. The Kier molecular flexibility index (Phi) is 8.50. The van der Waals surface area contributed by atoms with E-state index in [1.165, 1.54) is 12.1 Å². The van der Waals surface area contributed by atoms with Gasteiger partial charge in [0.05, 0.1) is 17.6 Å². The Morgan fingerprint density at radius 3 is 2.45 bits per heavy atom. The third-order valence-electron chi connectivity index (χ3n) is 3.64. The van der Waals surface area contributed by atoms with Gasteiger partial charge in [0.15, 0.2) is 0 Å². The van der Waals surface area contributed by atoms with E-state index in [2.05, 4.69) is 25.2 Å². The van der Waals surface area contributed by atoms with Crippen molar-refractivity contribution < 1.29 is 49.1 Å². The average molecular weight is 576 g/mol. The molecule has 7 nitrogen and oxygen atoms in total. The minimum absolute atomic E-state index is 0.0469. The number of hydrogen-bond donors (Lipinski definition) is 2. The van der Waals surface area contributed by atoms with Crippen LogP contribution in [0.5, 0.6) is 5.75 Å². The number of halogens is 6. The van der Waals surface area contributed by atoms with Crippen LogP contribution in [0.25, 0.3) is 10.1 Å². The molecule has 0 aliphatic heterocycles. The summed E-state index contributed by atoms with van der Waals surface area (Å²) < 4.78 is 110. The van der Waals surface area contributed by atoms with Gasteiger partial charge >= 0.3 is 20.5 Å². The largest absolute Gasteiger partial charge is 0.492 e. The highest BCUT2D eigenvalue weighted by Gasteiger charge is 2.40. The van der Waals surface area contributed by atoms with Crippen LogP contribution in [-0.4, -0.2) is 32.4 Å². The van der Waals surface area contributed by atoms with E-state index in [-0.39, 0.29) is 45.4 Å². The van der Waals surface area contributed by atoms with Gasteiger partial charge in [-0.25, -0.2) is 17.7 Å². The maximum Gasteiger partial charge on any atom is 0.400 e. The highest BCUT2D eigenvalue weighted by atomic mass is 79.9. The molecule has 0 spiro atoms. The minimum Gasteiger partial charge on any atom is -0.492 e. The highest BCUT2D eigenvalue weighted by molar-refractivity contribution is 9.10. The summed E-state index contributed by atoms with van der Waals surface area (Å²) in [6.07, 6.45) is -9.11. The SMILES string of the molecule is CS(=O)(=O)NCc1cc(OCCCC(F)(F)F)c2sc(C(F)(F)O[PH](=O)O)c(Br)c2c1. The summed E-state index contributed by atoms with van der Waals surface area (Å²) >= 11 is 3.43. The second kappa shape index (κ2) is 9.98. The first-order valence-electron chi connectivity index (χ1n) is 8.28. The lowest BCUT2D eigenvalue weighted by molar-refractivity contribution is -0.183. The van der Waals surface area contributed by atoms with Crippen molar-refractivity contribution in [3.63, 3.8) is 0 Å². The molecule has 1 aromatic heterocycles. The van der Waals surface area contributed by atoms with Crippen LogP contribution >= 0.6 is 35.5 Å². The molecule has 2 rings (SSSR count). The van der Waals surface area contributed by atoms with Crippen molar-refractivity contribution >= 4 is 55.6 Å². The van der Waals surface area contributed by atoms with E-state index < -0.39 is 41.9 Å². The predicted molar refractivity (Wildman–Crippen MR) is 108 cm³/mol. The van der Waals surface area contributed by atoms with Crippen LogP contribution < -0.4 is 9.46 Å². The standard InChI is InChI=1S/C15H16BrF5NO6PS2/c1-31(25,26)22-7-8-5-9-11(16)13(15(20,21)28-29(23)24)30-12(9)10(6-8)27-4-2-3-14(17,18)19/h5-6,22,29H,2-4,7H2,1H3,(H,23,24). The summed E-state index contributed by atoms with van der Waals surface area (Å²) in [5.74, 6) is -0.0469. The van der Waals surface area contributed by atoms with Crippen molar-refractivity contribution in [3.05, 3.63) is 27.0 Å². The van der Waals surface area contributed by atoms with Crippen molar-refractivity contribution in [1.82, 2.24) is 4.72 Å². The number of fused-ring (bicyclic) bond motifs is 1. The molecule has 0 aliphatic carbocycles. The molecule has 0 bridgehead atoms. The summed E-state index contributed by atoms with van der Waals surface area (Å²) in [5.41, 5.74) is 0.286. The van der Waals surface area contributed by atoms with Crippen LogP contribution in [0, 0.1) is 0 Å². The van der Waals surface area contributed by atoms with Crippen LogP contribution in [-0.2, 0) is 31.8 Å². The molecule has 0 fully saturated rings. The highest BCUT2D eigenvalue weighted by Crippen LogP contribution is 2.50. The van der Waals surface area contributed by atoms with E-state index in [1.54, 1.807) is 0 Å². The van der Waals surface area contributed by atoms with Crippen molar-refractivity contribution in [3.8, 4) is 5.75 Å². The van der Waals surface area contributed by atoms with Crippen LogP contribution in [0.4, 0.5) is 22.0 Å². The van der Waals surface area contributed by atoms with E-state index in [9.17, 15) is 34.9 Å². The van der Waals surface area contributed by atoms with Gasteiger partial charge in [-0.05, 0) is 40.0 Å². The third kappa shape index (κ3) is 7.91. The summed E-state index contributed by atoms with van der Waals surface area (Å²) in [6, 6.07) is 2.69. The molecule has 31 heavy (non-hydrogen) atoms. The molecular formula is C15H16BrF5NO6PS2. The van der Waals surface area contributed by atoms with E-state index in [1.807, 2.05) is 0 Å². The summed E-state index contributed by atoms with van der Waals surface area (Å²) in [4.78, 5) is 7.96. The molecule has 1 unspecified atom stereocenters. The zero-order chi connectivity index (χ0) is 23.6. The second-order valence-electron chi connectivity index (χ2n) is 6.26. The fourth-order valence-electron chi connectivity index (χ4n) is 2.42. The topological polar surface area (TPSA) is 102 Å². The van der Waals surface area contributed by atoms with E-state index in [0.717, 1.165) is 6.26 Å². The lowest BCUT2D eigenvalue weighted by Gasteiger charge is -2.13. The molecule has 16 heteroatoms. The molecule has 2 N–H and O–H groups in total. The number of benzene rings is 1. The number of sulfonamides is 1. The van der Waals surface area contributed by atoms with Crippen molar-refractivity contribution in [1.29, 1.82) is 0 Å². The van der Waals surface area contributed by atoms with Gasteiger partial charge in [-0.3, -0.25) is 4.57 Å². The van der Waals surface area contributed by atoms with Crippen molar-refractivity contribution in [2.24, 2.45) is 0 Å². The third-order valence-corrected chi connectivity index (χ3v) is 7.09. The zero-order valence-electron chi connectivity index (χ0n) is 15.6. The Hall–Kier alpha value is -0.830. The van der Waals surface area contributed by atoms with Gasteiger partial charge < -0.3 is 9.63 Å². The second-order valence-corrected chi connectivity index (χ2v) is 10.6. The maximum absolute atomic E-state index is 14.2. The fraction of sp³-hybridized carbons (Fsp3) is 0.467. The lowest BCUT2D eigenvalue weighted by atomic mass is 10.1. The van der Waals surface area contributed by atoms with Gasteiger partial charge in [-0.2, -0.15) is 22.0 Å². The molecule has 2 aromatic rings. The van der Waals surface area contributed by atoms with Crippen LogP contribution in [0.15, 0.2) is 16.6 Å². The molecule has 0 amide bonds. The lowest BCUT2D eigenvalue weighted by Crippen LogP contribution is -2.21. The summed E-state index contributed by atoms with van der Waals surface area (Å²) in [5, 5.41) is 0.138. The molecule has 1 atom stereocenters. The molecule has 0 saturated heterocycles. The maximum atomic E-state index is 14.2. The van der Waals surface area contributed by atoms with Gasteiger partial charge in [0.25, 0.3) is 0 Å². The Balaban J connectivity index is 2.46. The Morgan fingerprint density at radius 1 is 1.26 bits per heavy atom. The molecule has 0 aliphatic rings. The van der Waals surface area contributed by atoms with E-state index in [4.69, 9.17) is 9.63 Å². The quantitative estimate of drug-likeness (QED) is 0.238. The number of rotatable bonds is 10. The van der Waals surface area contributed by atoms with E-state index >= 15 is 0 Å². The number of hydrogen-bond acceptors (Lipinski definition) is 6. The van der Waals surface area contributed by atoms with E-state index in [0.29, 0.717) is 11.3 Å². The van der Waals surface area contributed by atoms with Crippen LogP contribution in [0.1, 0.15) is 23.3 Å². The van der Waals surface area contributed by atoms with Crippen LogP contribution in [0.2, 0.25) is 0 Å². The average Bonchev–Trinajstić information content (AvgIpc) is 2.92. The summed E-state index contributed by atoms with van der Waals surface area (Å²) in [6.45, 7) is -0.609. The first-order chi connectivity index (χ1) is 14.1. The molecule has 176 valence electrons. The monoisotopic (exact) mass is 575 g/mol. The fourth-order valence-corrected chi connectivity index (χ4v) is 5.21. The minimum atomic E-state index is -4.39. The molecule has 0 radical (unpaired) electrons. The van der Waals surface area contributed by atoms with Gasteiger partial charge in [-0.15, -0.1) is 11.3 Å². The zero-order valence-corrected chi connectivity index (χ0v) is 19.8. The van der Waals surface area contributed by atoms with Gasteiger partial charge in [-0.1, -0.05) is 0 Å². The number of nitrogens with one attached hydrogen (secondary N) is 1. The van der Waals surface area contributed by atoms with Crippen molar-refractivity contribution in [2.75, 3.05) is 12.9 Å². The summed E-state index contributed by atoms with van der Waals surface area (Å²) in [7, 11) is -7.59.